The summed E-state index contributed by atoms with van der Waals surface area (Å²) in [7, 11) is 1.37. The van der Waals surface area contributed by atoms with E-state index in [0.717, 1.165) is 40.1 Å². The van der Waals surface area contributed by atoms with E-state index in [0.29, 0.717) is 14.9 Å². The third-order valence-electron chi connectivity index (χ3n) is 6.34. The van der Waals surface area contributed by atoms with E-state index < -0.39 is 0 Å². The molecule has 0 amide bonds. The Kier molecular flexibility index (Phi) is 5.16. The van der Waals surface area contributed by atoms with Crippen molar-refractivity contribution >= 4 is 40.4 Å². The number of ether oxygens (including phenoxy) is 1. The van der Waals surface area contributed by atoms with Gasteiger partial charge in [0.05, 0.1) is 28.9 Å². The van der Waals surface area contributed by atoms with Crippen molar-refractivity contribution in [2.45, 2.75) is 18.9 Å². The first-order valence-corrected chi connectivity index (χ1v) is 12.7. The number of aryl methyl sites for hydroxylation is 1. The number of thiazole rings is 1. The number of rotatable bonds is 3. The fourth-order valence-electron chi connectivity index (χ4n) is 4.74. The molecule has 2 aromatic heterocycles. The van der Waals surface area contributed by atoms with Crippen LogP contribution in [0.2, 0.25) is 0 Å². The molecule has 0 fully saturated rings. The summed E-state index contributed by atoms with van der Waals surface area (Å²) in [6.07, 6.45) is 3.68. The van der Waals surface area contributed by atoms with Gasteiger partial charge in [-0.3, -0.25) is 9.36 Å². The monoisotopic (exact) mass is 484 g/mol. The molecule has 3 heterocycles. The summed E-state index contributed by atoms with van der Waals surface area (Å²) in [6, 6.07) is 19.5. The minimum Gasteiger partial charge on any atom is -0.465 e. The lowest BCUT2D eigenvalue weighted by molar-refractivity contribution is 0.0600. The SMILES string of the molecule is COC(=O)c1ccc([C@H]2C3=C(N=c4s/c(=C\c5cccs5)c(=O)n42)c2ccccc2CC3)cc1. The van der Waals surface area contributed by atoms with Gasteiger partial charge in [0.15, 0.2) is 4.80 Å². The molecule has 2 aromatic carbocycles. The fraction of sp³-hybridized carbons (Fsp3) is 0.148. The molecule has 34 heavy (non-hydrogen) atoms. The number of hydrogen-bond donors (Lipinski definition) is 0. The van der Waals surface area contributed by atoms with E-state index >= 15 is 0 Å². The summed E-state index contributed by atoms with van der Waals surface area (Å²) >= 11 is 3.03. The predicted octanol–water partition coefficient (Wildman–Crippen LogP) is 4.17. The molecule has 4 aromatic rings. The van der Waals surface area contributed by atoms with Crippen LogP contribution in [0.4, 0.5) is 0 Å². The standard InChI is InChI=1S/C27H20N2O3S2/c1-32-26(31)18-10-8-17(9-11-18)24-21-13-12-16-5-2-3-7-20(16)23(21)28-27-29(24)25(30)22(34-27)15-19-6-4-14-33-19/h2-11,14-15,24H,12-13H2,1H3/b22-15-/t24-/m0/s1. The second-order valence-corrected chi connectivity index (χ2v) is 10.2. The average molecular weight is 485 g/mol. The molecule has 5 nitrogen and oxygen atoms in total. The lowest BCUT2D eigenvalue weighted by Gasteiger charge is -2.30. The maximum atomic E-state index is 13.7. The van der Waals surface area contributed by atoms with Gasteiger partial charge < -0.3 is 4.74 Å². The number of carbonyl (C=O) groups is 1. The van der Waals surface area contributed by atoms with E-state index in [1.165, 1.54) is 24.0 Å². The Morgan fingerprint density at radius 2 is 1.91 bits per heavy atom. The Hall–Kier alpha value is -3.55. The van der Waals surface area contributed by atoms with E-state index in [2.05, 4.69) is 18.2 Å². The average Bonchev–Trinajstić information content (AvgIpc) is 3.50. The van der Waals surface area contributed by atoms with Crippen molar-refractivity contribution in [3.8, 4) is 0 Å². The molecule has 168 valence electrons. The molecule has 0 unspecified atom stereocenters. The third-order valence-corrected chi connectivity index (χ3v) is 8.14. The van der Waals surface area contributed by atoms with E-state index in [9.17, 15) is 9.59 Å². The molecule has 1 aliphatic carbocycles. The van der Waals surface area contributed by atoms with E-state index in [4.69, 9.17) is 9.73 Å². The van der Waals surface area contributed by atoms with Crippen LogP contribution in [0.25, 0.3) is 11.8 Å². The second-order valence-electron chi connectivity index (χ2n) is 8.24. The van der Waals surface area contributed by atoms with Gasteiger partial charge >= 0.3 is 5.97 Å². The van der Waals surface area contributed by atoms with Gasteiger partial charge in [0, 0.05) is 10.4 Å². The molecule has 0 saturated carbocycles. The van der Waals surface area contributed by atoms with Crippen molar-refractivity contribution in [1.82, 2.24) is 4.57 Å². The zero-order valence-corrected chi connectivity index (χ0v) is 20.0. The van der Waals surface area contributed by atoms with Gasteiger partial charge in [-0.05, 0) is 59.2 Å². The number of benzene rings is 2. The second kappa shape index (κ2) is 8.34. The first-order chi connectivity index (χ1) is 16.6. The highest BCUT2D eigenvalue weighted by Gasteiger charge is 2.32. The first-order valence-electron chi connectivity index (χ1n) is 11.0. The highest BCUT2D eigenvalue weighted by molar-refractivity contribution is 7.11. The Morgan fingerprint density at radius 3 is 2.68 bits per heavy atom. The number of allylic oxidation sites excluding steroid dienone is 1. The quantitative estimate of drug-likeness (QED) is 0.410. The number of esters is 1. The summed E-state index contributed by atoms with van der Waals surface area (Å²) in [5.74, 6) is -0.377. The minimum atomic E-state index is -0.377. The molecule has 0 spiro atoms. The largest absolute Gasteiger partial charge is 0.465 e. The molecular weight excluding hydrogens is 464 g/mol. The number of fused-ring (bicyclic) bond motifs is 3. The summed E-state index contributed by atoms with van der Waals surface area (Å²) in [4.78, 5) is 32.4. The van der Waals surface area contributed by atoms with Gasteiger partial charge in [-0.15, -0.1) is 11.3 Å². The Labute approximate surface area is 203 Å². The third kappa shape index (κ3) is 3.40. The molecule has 1 atom stereocenters. The fourth-order valence-corrected chi connectivity index (χ4v) is 6.47. The van der Waals surface area contributed by atoms with Gasteiger partial charge in [-0.1, -0.05) is 53.8 Å². The van der Waals surface area contributed by atoms with Crippen LogP contribution in [0.3, 0.4) is 0 Å². The van der Waals surface area contributed by atoms with Crippen LogP contribution in [-0.2, 0) is 11.2 Å². The summed E-state index contributed by atoms with van der Waals surface area (Å²) in [5.41, 5.74) is 5.92. The van der Waals surface area contributed by atoms with Crippen molar-refractivity contribution < 1.29 is 9.53 Å². The van der Waals surface area contributed by atoms with Crippen LogP contribution in [0, 0.1) is 0 Å². The van der Waals surface area contributed by atoms with Gasteiger partial charge in [-0.25, -0.2) is 9.79 Å². The van der Waals surface area contributed by atoms with Crippen molar-refractivity contribution in [1.29, 1.82) is 0 Å². The Bertz CT molecular complexity index is 1620. The predicted molar refractivity (Wildman–Crippen MR) is 135 cm³/mol. The van der Waals surface area contributed by atoms with E-state index in [-0.39, 0.29) is 17.6 Å². The van der Waals surface area contributed by atoms with Crippen LogP contribution in [0.1, 0.15) is 44.4 Å². The van der Waals surface area contributed by atoms with Crippen LogP contribution >= 0.6 is 22.7 Å². The molecule has 0 N–H and O–H groups in total. The molecule has 7 heteroatoms. The lowest BCUT2D eigenvalue weighted by atomic mass is 9.83. The van der Waals surface area contributed by atoms with Crippen molar-refractivity contribution in [2.75, 3.05) is 7.11 Å². The van der Waals surface area contributed by atoms with Crippen molar-refractivity contribution in [3.63, 3.8) is 0 Å². The number of nitrogens with zero attached hydrogens (tertiary/aromatic N) is 2. The molecule has 0 radical (unpaired) electrons. The normalized spacial score (nSPS) is 17.0. The summed E-state index contributed by atoms with van der Waals surface area (Å²) < 4.78 is 7.35. The molecular formula is C27H20N2O3S2. The molecule has 0 bridgehead atoms. The van der Waals surface area contributed by atoms with Crippen molar-refractivity contribution in [3.05, 3.63) is 118 Å². The molecule has 1 aliphatic heterocycles. The molecule has 6 rings (SSSR count). The van der Waals surface area contributed by atoms with Gasteiger partial charge in [0.1, 0.15) is 0 Å². The summed E-state index contributed by atoms with van der Waals surface area (Å²) in [6.45, 7) is 0. The smallest absolute Gasteiger partial charge is 0.337 e. The molecule has 0 saturated heterocycles. The highest BCUT2D eigenvalue weighted by Crippen LogP contribution is 2.41. The maximum absolute atomic E-state index is 13.7. The van der Waals surface area contributed by atoms with Crippen LogP contribution in [-0.4, -0.2) is 17.6 Å². The van der Waals surface area contributed by atoms with Gasteiger partial charge in [-0.2, -0.15) is 0 Å². The Balaban J connectivity index is 1.60. The topological polar surface area (TPSA) is 60.7 Å². The minimum absolute atomic E-state index is 0.0374. The zero-order chi connectivity index (χ0) is 23.2. The number of hydrogen-bond acceptors (Lipinski definition) is 6. The van der Waals surface area contributed by atoms with Gasteiger partial charge in [0.2, 0.25) is 0 Å². The van der Waals surface area contributed by atoms with E-state index in [1.54, 1.807) is 23.5 Å². The van der Waals surface area contributed by atoms with Crippen LogP contribution in [0.5, 0.6) is 0 Å². The zero-order valence-electron chi connectivity index (χ0n) is 18.4. The van der Waals surface area contributed by atoms with Crippen molar-refractivity contribution in [2.24, 2.45) is 4.99 Å². The molecule has 2 aliphatic rings. The number of aromatic nitrogens is 1. The van der Waals surface area contributed by atoms with E-state index in [1.807, 2.05) is 46.4 Å². The number of thiophene rings is 1. The van der Waals surface area contributed by atoms with Crippen LogP contribution < -0.4 is 14.9 Å². The van der Waals surface area contributed by atoms with Crippen LogP contribution in [0.15, 0.2) is 81.4 Å². The number of carbonyl (C=O) groups excluding carboxylic acids is 1. The highest BCUT2D eigenvalue weighted by atomic mass is 32.1. The lowest BCUT2D eigenvalue weighted by Crippen LogP contribution is -2.38. The van der Waals surface area contributed by atoms with Gasteiger partial charge in [0.25, 0.3) is 5.56 Å². The summed E-state index contributed by atoms with van der Waals surface area (Å²) in [5, 5.41) is 2.00. The number of methoxy groups -OCH3 is 1. The maximum Gasteiger partial charge on any atom is 0.337 e. The first kappa shape index (κ1) is 21.0. The Morgan fingerprint density at radius 1 is 1.09 bits per heavy atom.